The van der Waals surface area contributed by atoms with Gasteiger partial charge in [0.05, 0.1) is 0 Å². The summed E-state index contributed by atoms with van der Waals surface area (Å²) >= 11 is 0. The van der Waals surface area contributed by atoms with Crippen LogP contribution in [0.2, 0.25) is 0 Å². The Kier molecular flexibility index (Phi) is 4.16. The Balaban J connectivity index is 2.22. The second kappa shape index (κ2) is 5.51. The maximum atomic E-state index is 12.7. The molecule has 1 saturated carbocycles. The third kappa shape index (κ3) is 2.49. The number of rotatable bonds is 4. The van der Waals surface area contributed by atoms with Gasteiger partial charge in [-0.1, -0.05) is 27.2 Å². The van der Waals surface area contributed by atoms with Crippen molar-refractivity contribution in [2.24, 2.45) is 11.8 Å². The zero-order chi connectivity index (χ0) is 14.2. The Bertz CT molecular complexity index is 363. The van der Waals surface area contributed by atoms with E-state index in [1.807, 2.05) is 25.7 Å². The van der Waals surface area contributed by atoms with Crippen LogP contribution in [0, 0.1) is 11.8 Å². The van der Waals surface area contributed by atoms with Crippen LogP contribution in [0.15, 0.2) is 0 Å². The van der Waals surface area contributed by atoms with Gasteiger partial charge >= 0.3 is 0 Å². The number of amides is 2. The first-order chi connectivity index (χ1) is 8.97. The van der Waals surface area contributed by atoms with E-state index in [1.54, 1.807) is 0 Å². The van der Waals surface area contributed by atoms with Crippen molar-refractivity contribution in [1.82, 2.24) is 10.2 Å². The molecule has 0 aromatic rings. The lowest BCUT2D eigenvalue weighted by Crippen LogP contribution is -2.67. The largest absolute Gasteiger partial charge is 0.342 e. The topological polar surface area (TPSA) is 49.4 Å². The highest BCUT2D eigenvalue weighted by Crippen LogP contribution is 2.34. The molecule has 2 fully saturated rings. The van der Waals surface area contributed by atoms with Crippen molar-refractivity contribution < 1.29 is 9.59 Å². The fourth-order valence-corrected chi connectivity index (χ4v) is 3.22. The fraction of sp³-hybridized carbons (Fsp3) is 0.867. The van der Waals surface area contributed by atoms with E-state index in [-0.39, 0.29) is 35.9 Å². The summed E-state index contributed by atoms with van der Waals surface area (Å²) in [5.74, 6) is 0.856. The molecule has 1 heterocycles. The number of nitrogens with one attached hydrogen (secondary N) is 1. The third-order valence-electron chi connectivity index (χ3n) is 4.78. The summed E-state index contributed by atoms with van der Waals surface area (Å²) in [5, 5.41) is 2.90. The first kappa shape index (κ1) is 14.4. The summed E-state index contributed by atoms with van der Waals surface area (Å²) in [7, 11) is 0. The van der Waals surface area contributed by atoms with Gasteiger partial charge in [0.15, 0.2) is 0 Å². The molecule has 1 saturated heterocycles. The van der Waals surface area contributed by atoms with Gasteiger partial charge in [0.25, 0.3) is 0 Å². The Morgan fingerprint density at radius 1 is 1.26 bits per heavy atom. The van der Waals surface area contributed by atoms with Crippen LogP contribution in [0.1, 0.15) is 53.4 Å². The molecule has 0 bridgehead atoms. The molecule has 0 radical (unpaired) electrons. The van der Waals surface area contributed by atoms with Gasteiger partial charge in [-0.05, 0) is 38.0 Å². The van der Waals surface area contributed by atoms with E-state index in [9.17, 15) is 9.59 Å². The van der Waals surface area contributed by atoms with E-state index in [0.717, 1.165) is 0 Å². The summed E-state index contributed by atoms with van der Waals surface area (Å²) in [6.07, 6.45) is 4.33. The Hall–Kier alpha value is -1.06. The maximum Gasteiger partial charge on any atom is 0.246 e. The highest BCUT2D eigenvalue weighted by molar-refractivity contribution is 5.97. The SMILES string of the molecule is CCC1C(=O)NC(C(C)C)C(=O)N1C(C)C1CCC1. The quantitative estimate of drug-likeness (QED) is 0.845. The highest BCUT2D eigenvalue weighted by atomic mass is 16.2. The Morgan fingerprint density at radius 2 is 1.89 bits per heavy atom. The van der Waals surface area contributed by atoms with Gasteiger partial charge in [-0.15, -0.1) is 0 Å². The van der Waals surface area contributed by atoms with Crippen LogP contribution >= 0.6 is 0 Å². The lowest BCUT2D eigenvalue weighted by molar-refractivity contribution is -0.155. The molecule has 2 amide bonds. The molecule has 1 N–H and O–H groups in total. The van der Waals surface area contributed by atoms with Crippen molar-refractivity contribution in [3.05, 3.63) is 0 Å². The molecule has 3 unspecified atom stereocenters. The normalized spacial score (nSPS) is 30.3. The molecule has 0 aromatic heterocycles. The number of carbonyl (C=O) groups excluding carboxylic acids is 2. The monoisotopic (exact) mass is 266 g/mol. The van der Waals surface area contributed by atoms with Crippen molar-refractivity contribution in [3.63, 3.8) is 0 Å². The lowest BCUT2D eigenvalue weighted by Gasteiger charge is -2.47. The molecule has 19 heavy (non-hydrogen) atoms. The summed E-state index contributed by atoms with van der Waals surface area (Å²) in [6.45, 7) is 8.07. The van der Waals surface area contributed by atoms with E-state index < -0.39 is 0 Å². The van der Waals surface area contributed by atoms with E-state index in [4.69, 9.17) is 0 Å². The van der Waals surface area contributed by atoms with E-state index in [0.29, 0.717) is 12.3 Å². The first-order valence-corrected chi connectivity index (χ1v) is 7.59. The van der Waals surface area contributed by atoms with Gasteiger partial charge in [-0.2, -0.15) is 0 Å². The van der Waals surface area contributed by atoms with Gasteiger partial charge in [0.1, 0.15) is 12.1 Å². The second-order valence-electron chi connectivity index (χ2n) is 6.33. The summed E-state index contributed by atoms with van der Waals surface area (Å²) in [5.41, 5.74) is 0. The summed E-state index contributed by atoms with van der Waals surface area (Å²) in [6, 6.07) is -0.436. The predicted molar refractivity (Wildman–Crippen MR) is 74.5 cm³/mol. The second-order valence-corrected chi connectivity index (χ2v) is 6.33. The minimum absolute atomic E-state index is 0.0203. The minimum Gasteiger partial charge on any atom is -0.342 e. The van der Waals surface area contributed by atoms with Crippen molar-refractivity contribution in [3.8, 4) is 0 Å². The van der Waals surface area contributed by atoms with Gasteiger partial charge in [-0.25, -0.2) is 0 Å². The highest BCUT2D eigenvalue weighted by Gasteiger charge is 2.45. The van der Waals surface area contributed by atoms with Gasteiger partial charge in [0.2, 0.25) is 11.8 Å². The molecule has 3 atom stereocenters. The van der Waals surface area contributed by atoms with E-state index in [1.165, 1.54) is 19.3 Å². The number of piperazine rings is 1. The van der Waals surface area contributed by atoms with Crippen molar-refractivity contribution in [2.45, 2.75) is 71.5 Å². The molecule has 108 valence electrons. The van der Waals surface area contributed by atoms with Crippen LogP contribution in [0.3, 0.4) is 0 Å². The predicted octanol–water partition coefficient (Wildman–Crippen LogP) is 1.94. The van der Waals surface area contributed by atoms with Crippen molar-refractivity contribution in [1.29, 1.82) is 0 Å². The van der Waals surface area contributed by atoms with Crippen LogP contribution in [0.4, 0.5) is 0 Å². The zero-order valence-electron chi connectivity index (χ0n) is 12.5. The number of hydrogen-bond donors (Lipinski definition) is 1. The fourth-order valence-electron chi connectivity index (χ4n) is 3.22. The number of hydrogen-bond acceptors (Lipinski definition) is 2. The minimum atomic E-state index is -0.349. The summed E-state index contributed by atoms with van der Waals surface area (Å²) < 4.78 is 0. The average molecular weight is 266 g/mol. The smallest absolute Gasteiger partial charge is 0.246 e. The molecule has 2 aliphatic rings. The maximum absolute atomic E-state index is 12.7. The van der Waals surface area contributed by atoms with Crippen LogP contribution in [0.25, 0.3) is 0 Å². The van der Waals surface area contributed by atoms with Crippen molar-refractivity contribution >= 4 is 11.8 Å². The third-order valence-corrected chi connectivity index (χ3v) is 4.78. The molecule has 1 aliphatic heterocycles. The van der Waals surface area contributed by atoms with Crippen LogP contribution in [-0.2, 0) is 9.59 Å². The molecular weight excluding hydrogens is 240 g/mol. The van der Waals surface area contributed by atoms with E-state index in [2.05, 4.69) is 12.2 Å². The van der Waals surface area contributed by atoms with Crippen molar-refractivity contribution in [2.75, 3.05) is 0 Å². The van der Waals surface area contributed by atoms with Crippen LogP contribution in [0.5, 0.6) is 0 Å². The molecule has 2 rings (SSSR count). The standard InChI is InChI=1S/C15H26N2O2/c1-5-12-14(18)16-13(9(2)3)15(19)17(12)10(4)11-7-6-8-11/h9-13H,5-8H2,1-4H3,(H,16,18). The zero-order valence-corrected chi connectivity index (χ0v) is 12.5. The van der Waals surface area contributed by atoms with Crippen LogP contribution in [-0.4, -0.2) is 34.8 Å². The van der Waals surface area contributed by atoms with Gasteiger partial charge in [0, 0.05) is 6.04 Å². The molecule has 4 heteroatoms. The Morgan fingerprint density at radius 3 is 2.32 bits per heavy atom. The lowest BCUT2D eigenvalue weighted by atomic mass is 9.78. The van der Waals surface area contributed by atoms with Gasteiger partial charge in [-0.3, -0.25) is 9.59 Å². The first-order valence-electron chi connectivity index (χ1n) is 7.59. The van der Waals surface area contributed by atoms with E-state index >= 15 is 0 Å². The molecular formula is C15H26N2O2. The van der Waals surface area contributed by atoms with Crippen LogP contribution < -0.4 is 5.32 Å². The number of carbonyl (C=O) groups is 2. The van der Waals surface area contributed by atoms with Gasteiger partial charge < -0.3 is 10.2 Å². The molecule has 4 nitrogen and oxygen atoms in total. The number of nitrogens with zero attached hydrogens (tertiary/aromatic N) is 1. The molecule has 1 aliphatic carbocycles. The molecule has 0 aromatic carbocycles. The molecule has 0 spiro atoms. The average Bonchev–Trinajstić information content (AvgIpc) is 2.28. The summed E-state index contributed by atoms with van der Waals surface area (Å²) in [4.78, 5) is 26.8. The Labute approximate surface area is 115 Å².